The maximum absolute atomic E-state index is 13.7. The quantitative estimate of drug-likeness (QED) is 0.596. The number of nitrogens with zero attached hydrogens (tertiary/aromatic N) is 5. The van der Waals surface area contributed by atoms with Gasteiger partial charge in [-0.3, -0.25) is 14.2 Å². The van der Waals surface area contributed by atoms with Crippen LogP contribution < -0.4 is 10.5 Å². The zero-order chi connectivity index (χ0) is 23.7. The van der Waals surface area contributed by atoms with Crippen molar-refractivity contribution in [2.45, 2.75) is 46.1 Å². The number of likely N-dealkylation sites (tertiary alicyclic amines) is 1. The van der Waals surface area contributed by atoms with E-state index in [4.69, 9.17) is 4.98 Å². The highest BCUT2D eigenvalue weighted by atomic mass is 16.2. The molecule has 0 N–H and O–H groups in total. The Bertz CT molecular complexity index is 1230. The monoisotopic (exact) mass is 459 g/mol. The normalized spacial score (nSPS) is 19.5. The number of piperidine rings is 2. The first kappa shape index (κ1) is 22.6. The number of amides is 1. The van der Waals surface area contributed by atoms with Gasteiger partial charge in [0.25, 0.3) is 5.56 Å². The van der Waals surface area contributed by atoms with Gasteiger partial charge in [0.05, 0.1) is 12.5 Å². The molecule has 7 nitrogen and oxygen atoms in total. The van der Waals surface area contributed by atoms with E-state index in [0.29, 0.717) is 36.0 Å². The second-order valence-electron chi connectivity index (χ2n) is 9.95. The van der Waals surface area contributed by atoms with Crippen molar-refractivity contribution in [3.8, 4) is 0 Å². The van der Waals surface area contributed by atoms with Gasteiger partial charge in [0, 0.05) is 32.4 Å². The lowest BCUT2D eigenvalue weighted by Gasteiger charge is -2.37. The molecule has 2 aromatic heterocycles. The van der Waals surface area contributed by atoms with Crippen molar-refractivity contribution in [2.24, 2.45) is 11.8 Å². The first-order valence-electron chi connectivity index (χ1n) is 12.4. The van der Waals surface area contributed by atoms with E-state index >= 15 is 0 Å². The molecule has 4 heterocycles. The number of aromatic nitrogens is 3. The highest BCUT2D eigenvalue weighted by molar-refractivity contribution is 5.80. The van der Waals surface area contributed by atoms with Gasteiger partial charge in [-0.25, -0.2) is 9.97 Å². The summed E-state index contributed by atoms with van der Waals surface area (Å²) >= 11 is 0. The van der Waals surface area contributed by atoms with E-state index in [2.05, 4.69) is 31.0 Å². The van der Waals surface area contributed by atoms with Crippen LogP contribution in [-0.4, -0.2) is 51.5 Å². The van der Waals surface area contributed by atoms with E-state index in [1.54, 1.807) is 10.8 Å². The summed E-state index contributed by atoms with van der Waals surface area (Å²) in [5.74, 6) is 1.27. The van der Waals surface area contributed by atoms with Crippen LogP contribution in [0.15, 0.2) is 47.4 Å². The van der Waals surface area contributed by atoms with E-state index in [9.17, 15) is 9.59 Å². The molecule has 5 rings (SSSR count). The van der Waals surface area contributed by atoms with Crippen molar-refractivity contribution >= 4 is 22.9 Å². The molecule has 34 heavy (non-hydrogen) atoms. The number of benzene rings is 1. The smallest absolute Gasteiger partial charge is 0.295 e. The lowest BCUT2D eigenvalue weighted by molar-refractivity contribution is -0.137. The Labute approximate surface area is 200 Å². The first-order valence-corrected chi connectivity index (χ1v) is 12.4. The van der Waals surface area contributed by atoms with Gasteiger partial charge in [-0.2, -0.15) is 0 Å². The van der Waals surface area contributed by atoms with Crippen molar-refractivity contribution in [3.63, 3.8) is 0 Å². The van der Waals surface area contributed by atoms with E-state index in [1.165, 1.54) is 5.56 Å². The number of pyridine rings is 1. The lowest BCUT2D eigenvalue weighted by Crippen LogP contribution is -2.48. The molecule has 0 saturated carbocycles. The minimum Gasteiger partial charge on any atom is -0.351 e. The first-order chi connectivity index (χ1) is 16.5. The molecule has 0 radical (unpaired) electrons. The van der Waals surface area contributed by atoms with Crippen LogP contribution >= 0.6 is 0 Å². The van der Waals surface area contributed by atoms with Gasteiger partial charge in [-0.05, 0) is 56.2 Å². The second-order valence-corrected chi connectivity index (χ2v) is 9.95. The van der Waals surface area contributed by atoms with Gasteiger partial charge in [0.15, 0.2) is 11.5 Å². The van der Waals surface area contributed by atoms with Gasteiger partial charge in [0.2, 0.25) is 5.91 Å². The molecule has 2 aliphatic rings. The predicted octanol–water partition coefficient (Wildman–Crippen LogP) is 3.62. The van der Waals surface area contributed by atoms with E-state index in [-0.39, 0.29) is 17.4 Å². The fourth-order valence-corrected chi connectivity index (χ4v) is 5.15. The Hall–Kier alpha value is -3.22. The van der Waals surface area contributed by atoms with Crippen LogP contribution in [-0.2, 0) is 11.3 Å². The fourth-order valence-electron chi connectivity index (χ4n) is 5.15. The molecule has 178 valence electrons. The summed E-state index contributed by atoms with van der Waals surface area (Å²) in [5, 5.41) is 0. The van der Waals surface area contributed by atoms with Crippen molar-refractivity contribution < 1.29 is 4.79 Å². The third kappa shape index (κ3) is 4.56. The van der Waals surface area contributed by atoms with Crippen LogP contribution in [0.4, 0.5) is 5.82 Å². The van der Waals surface area contributed by atoms with Gasteiger partial charge < -0.3 is 9.80 Å². The van der Waals surface area contributed by atoms with Crippen LogP contribution in [0.3, 0.4) is 0 Å². The number of aryl methyl sites for hydroxylation is 1. The van der Waals surface area contributed by atoms with E-state index in [0.717, 1.165) is 50.9 Å². The number of carbonyl (C=O) groups is 1. The van der Waals surface area contributed by atoms with Crippen LogP contribution in [0.5, 0.6) is 0 Å². The average Bonchev–Trinajstić information content (AvgIpc) is 2.87. The number of hydrogen-bond donors (Lipinski definition) is 0. The number of hydrogen-bond acceptors (Lipinski definition) is 5. The Morgan fingerprint density at radius 1 is 1.06 bits per heavy atom. The van der Waals surface area contributed by atoms with Crippen molar-refractivity contribution in [1.29, 1.82) is 0 Å². The maximum atomic E-state index is 13.7. The summed E-state index contributed by atoms with van der Waals surface area (Å²) in [7, 11) is 0. The van der Waals surface area contributed by atoms with Crippen LogP contribution in [0.25, 0.3) is 11.2 Å². The number of anilines is 1. The Balaban J connectivity index is 1.45. The summed E-state index contributed by atoms with van der Waals surface area (Å²) in [6.07, 6.45) is 5.60. The molecule has 1 atom stereocenters. The van der Waals surface area contributed by atoms with Crippen LogP contribution in [0.1, 0.15) is 43.7 Å². The largest absolute Gasteiger partial charge is 0.351 e. The Kier molecular flexibility index (Phi) is 6.35. The predicted molar refractivity (Wildman–Crippen MR) is 134 cm³/mol. The zero-order valence-electron chi connectivity index (χ0n) is 20.1. The molecule has 7 heteroatoms. The molecular weight excluding hydrogens is 426 g/mol. The Morgan fingerprint density at radius 3 is 2.59 bits per heavy atom. The molecule has 2 saturated heterocycles. The molecular formula is C27H33N5O2. The molecule has 0 bridgehead atoms. The second kappa shape index (κ2) is 9.57. The third-order valence-corrected chi connectivity index (χ3v) is 7.31. The standard InChI is InChI=1S/C27H33N5O2/c1-19-7-9-21(10-8-19)17-32-24-23(6-3-13-28-24)29-25(27(32)34)31-14-4-5-22(18-31)26(33)30-15-11-20(2)12-16-30/h3,6-10,13,20,22H,4-5,11-12,14-18H2,1-2H3/t22-/m0/s1. The third-order valence-electron chi connectivity index (χ3n) is 7.31. The number of carbonyl (C=O) groups excluding carboxylic acids is 1. The van der Waals surface area contributed by atoms with Crippen molar-refractivity contribution in [1.82, 2.24) is 19.4 Å². The summed E-state index contributed by atoms with van der Waals surface area (Å²) in [5.41, 5.74) is 3.36. The van der Waals surface area contributed by atoms with Gasteiger partial charge in [-0.15, -0.1) is 0 Å². The minimum absolute atomic E-state index is 0.0847. The topological polar surface area (TPSA) is 71.3 Å². The molecule has 2 aliphatic heterocycles. The van der Waals surface area contributed by atoms with Crippen LogP contribution in [0.2, 0.25) is 0 Å². The highest BCUT2D eigenvalue weighted by Crippen LogP contribution is 2.25. The van der Waals surface area contributed by atoms with Gasteiger partial charge >= 0.3 is 0 Å². The maximum Gasteiger partial charge on any atom is 0.295 e. The fraction of sp³-hybridized carbons (Fsp3) is 0.481. The lowest BCUT2D eigenvalue weighted by atomic mass is 9.93. The summed E-state index contributed by atoms with van der Waals surface area (Å²) in [6.45, 7) is 7.72. The molecule has 0 unspecified atom stereocenters. The zero-order valence-corrected chi connectivity index (χ0v) is 20.1. The molecule has 1 aromatic carbocycles. The molecule has 0 aliphatic carbocycles. The summed E-state index contributed by atoms with van der Waals surface area (Å²) < 4.78 is 1.72. The number of rotatable bonds is 4. The molecule has 1 amide bonds. The van der Waals surface area contributed by atoms with Gasteiger partial charge in [0.1, 0.15) is 5.52 Å². The molecule has 0 spiro atoms. The van der Waals surface area contributed by atoms with Crippen LogP contribution in [0, 0.1) is 18.8 Å². The minimum atomic E-state index is -0.147. The SMILES string of the molecule is Cc1ccc(Cn2c(=O)c(N3CCC[C@H](C(=O)N4CCC(C)CC4)C3)nc3cccnc32)cc1. The summed E-state index contributed by atoms with van der Waals surface area (Å²) in [4.78, 5) is 40.2. The van der Waals surface area contributed by atoms with Crippen molar-refractivity contribution in [2.75, 3.05) is 31.1 Å². The highest BCUT2D eigenvalue weighted by Gasteiger charge is 2.32. The Morgan fingerprint density at radius 2 is 1.82 bits per heavy atom. The van der Waals surface area contributed by atoms with Gasteiger partial charge in [-0.1, -0.05) is 36.8 Å². The van der Waals surface area contributed by atoms with E-state index < -0.39 is 0 Å². The molecule has 2 fully saturated rings. The summed E-state index contributed by atoms with van der Waals surface area (Å²) in [6, 6.07) is 12.0. The average molecular weight is 460 g/mol. The van der Waals surface area contributed by atoms with E-state index in [1.807, 2.05) is 34.1 Å². The van der Waals surface area contributed by atoms with Crippen molar-refractivity contribution in [3.05, 3.63) is 64.1 Å². The number of fused-ring (bicyclic) bond motifs is 1. The molecule has 3 aromatic rings.